The highest BCUT2D eigenvalue weighted by Crippen LogP contribution is 1.23. The van der Waals surface area contributed by atoms with Crippen molar-refractivity contribution in [1.29, 1.82) is 0 Å². The monoisotopic (exact) mass is 167 g/mol. The minimum atomic E-state index is 0. The van der Waals surface area contributed by atoms with E-state index in [0.29, 0.717) is 9.12 Å². The quantitative estimate of drug-likeness (QED) is 0.537. The summed E-state index contributed by atoms with van der Waals surface area (Å²) in [5.74, 6) is 0. The average molecular weight is 168 g/mol. The summed E-state index contributed by atoms with van der Waals surface area (Å²) in [5, 5.41) is 2.75. The average Bonchev–Trinajstić information content (AvgIpc) is 1.46. The smallest absolute Gasteiger partial charge is 0.0527 e. The Bertz CT molecular complexity index is 19.7. The number of hydrogen-bond donors (Lipinski definition) is 1. The molecule has 5 heteroatoms. The van der Waals surface area contributed by atoms with Crippen molar-refractivity contribution in [2.75, 3.05) is 14.1 Å². The van der Waals surface area contributed by atoms with Crippen LogP contribution in [0.4, 0.5) is 0 Å². The molecule has 2 nitrogen and oxygen atoms in total. The maximum absolute atomic E-state index is 8.28. The van der Waals surface area contributed by atoms with Crippen LogP contribution in [0.25, 0.3) is 0 Å². The highest BCUT2D eigenvalue weighted by atomic mass is 35.5. The van der Waals surface area contributed by atoms with Crippen molar-refractivity contribution in [1.82, 2.24) is 5.32 Å². The molecular weight excluding hydrogens is 156 g/mol. The molecule has 0 aromatic heterocycles. The van der Waals surface area contributed by atoms with Gasteiger partial charge in [0.05, 0.1) is 9.12 Å². The maximum atomic E-state index is 8.28. The van der Waals surface area contributed by atoms with Crippen LogP contribution in [0.2, 0.25) is 0 Å². The van der Waals surface area contributed by atoms with Gasteiger partial charge in [-0.2, -0.15) is 0 Å². The fourth-order valence-corrected chi connectivity index (χ4v) is 0. The summed E-state index contributed by atoms with van der Waals surface area (Å²) in [6.07, 6.45) is 0. The minimum absolute atomic E-state index is 0. The standard InChI is InChI=1S/C2H7N.2ClH.H3OP/c1-3-2;;;1-2/h3H,1-2H3;2*1H;2H3. The van der Waals surface area contributed by atoms with E-state index in [4.69, 9.17) is 4.57 Å². The fraction of sp³-hybridized carbons (Fsp3) is 1.00. The summed E-state index contributed by atoms with van der Waals surface area (Å²) in [6, 6.07) is 0. The van der Waals surface area contributed by atoms with Crippen LogP contribution >= 0.6 is 33.9 Å². The van der Waals surface area contributed by atoms with Gasteiger partial charge in [0.1, 0.15) is 0 Å². The molecule has 0 saturated heterocycles. The van der Waals surface area contributed by atoms with Crippen LogP contribution in [0, 0.1) is 0 Å². The minimum Gasteiger partial charge on any atom is -0.333 e. The van der Waals surface area contributed by atoms with Crippen molar-refractivity contribution >= 4 is 33.9 Å². The lowest BCUT2D eigenvalue weighted by Crippen LogP contribution is -1.89. The molecule has 1 N–H and O–H groups in total. The van der Waals surface area contributed by atoms with Crippen molar-refractivity contribution in [2.45, 2.75) is 0 Å². The normalized spacial score (nSPS) is 3.71. The van der Waals surface area contributed by atoms with Crippen molar-refractivity contribution in [3.63, 3.8) is 0 Å². The van der Waals surface area contributed by atoms with E-state index in [1.54, 1.807) is 0 Å². The third kappa shape index (κ3) is 260. The molecule has 0 aliphatic heterocycles. The fourth-order valence-electron chi connectivity index (χ4n) is 0. The van der Waals surface area contributed by atoms with E-state index in [9.17, 15) is 0 Å². The van der Waals surface area contributed by atoms with E-state index in [0.717, 1.165) is 0 Å². The molecular formula is C2H12Cl2NOP. The van der Waals surface area contributed by atoms with Crippen LogP contribution in [0.15, 0.2) is 0 Å². The Morgan fingerprint density at radius 1 is 1.14 bits per heavy atom. The van der Waals surface area contributed by atoms with Gasteiger partial charge in [-0.1, -0.05) is 0 Å². The third-order valence-electron chi connectivity index (χ3n) is 0. The van der Waals surface area contributed by atoms with Crippen LogP contribution in [-0.4, -0.2) is 14.1 Å². The zero-order valence-corrected chi connectivity index (χ0v) is 7.48. The lowest BCUT2D eigenvalue weighted by atomic mass is 11.3. The molecule has 0 aliphatic rings. The number of rotatable bonds is 0. The highest BCUT2D eigenvalue weighted by Gasteiger charge is 1.25. The Kier molecular flexibility index (Phi) is 258. The first-order valence-electron chi connectivity index (χ1n) is 1.29. The summed E-state index contributed by atoms with van der Waals surface area (Å²) >= 11 is 0. The molecule has 0 spiro atoms. The molecule has 7 heavy (non-hydrogen) atoms. The van der Waals surface area contributed by atoms with E-state index in [1.807, 2.05) is 14.1 Å². The molecule has 1 atom stereocenters. The molecule has 0 aliphatic carbocycles. The van der Waals surface area contributed by atoms with E-state index >= 15 is 0 Å². The molecule has 0 saturated carbocycles. The van der Waals surface area contributed by atoms with E-state index in [2.05, 4.69) is 5.32 Å². The molecule has 0 aromatic carbocycles. The summed E-state index contributed by atoms with van der Waals surface area (Å²) in [5.41, 5.74) is 0. The Hall–Kier alpha value is 0.770. The molecule has 0 radical (unpaired) electrons. The van der Waals surface area contributed by atoms with Gasteiger partial charge in [0.25, 0.3) is 0 Å². The van der Waals surface area contributed by atoms with Gasteiger partial charge in [0.15, 0.2) is 0 Å². The van der Waals surface area contributed by atoms with Crippen molar-refractivity contribution < 1.29 is 4.57 Å². The highest BCUT2D eigenvalue weighted by molar-refractivity contribution is 7.00. The van der Waals surface area contributed by atoms with E-state index < -0.39 is 0 Å². The van der Waals surface area contributed by atoms with Gasteiger partial charge >= 0.3 is 0 Å². The van der Waals surface area contributed by atoms with Crippen molar-refractivity contribution in [2.24, 2.45) is 0 Å². The van der Waals surface area contributed by atoms with Gasteiger partial charge in [-0.3, -0.25) is 0 Å². The first kappa shape index (κ1) is 25.1. The molecule has 0 heterocycles. The first-order valence-corrected chi connectivity index (χ1v) is 1.87. The molecule has 0 rings (SSSR count). The molecule has 0 fully saturated rings. The lowest BCUT2D eigenvalue weighted by Gasteiger charge is -1.59. The van der Waals surface area contributed by atoms with Crippen LogP contribution in [-0.2, 0) is 4.57 Å². The Labute approximate surface area is 58.5 Å². The van der Waals surface area contributed by atoms with Gasteiger partial charge < -0.3 is 9.88 Å². The second-order valence-corrected chi connectivity index (χ2v) is 0.500. The second-order valence-electron chi connectivity index (χ2n) is 0.500. The number of nitrogens with one attached hydrogen (secondary N) is 1. The predicted octanol–water partition coefficient (Wildman–Crippen LogP) is 0.618. The molecule has 0 aromatic rings. The van der Waals surface area contributed by atoms with Gasteiger partial charge in [-0.25, -0.2) is 0 Å². The zero-order valence-electron chi connectivity index (χ0n) is 4.43. The molecule has 50 valence electrons. The second kappa shape index (κ2) is 71.9. The summed E-state index contributed by atoms with van der Waals surface area (Å²) in [7, 11) is 4.36. The lowest BCUT2D eigenvalue weighted by molar-refractivity contribution is 0.607. The van der Waals surface area contributed by atoms with E-state index in [1.165, 1.54) is 0 Å². The zero-order chi connectivity index (χ0) is 4.71. The van der Waals surface area contributed by atoms with Crippen molar-refractivity contribution in [3.05, 3.63) is 0 Å². The van der Waals surface area contributed by atoms with Gasteiger partial charge in [0, 0.05) is 0 Å². The van der Waals surface area contributed by atoms with Crippen LogP contribution in [0.5, 0.6) is 0 Å². The van der Waals surface area contributed by atoms with Gasteiger partial charge in [-0.15, -0.1) is 24.8 Å². The molecule has 0 bridgehead atoms. The van der Waals surface area contributed by atoms with Crippen LogP contribution < -0.4 is 5.32 Å². The maximum Gasteiger partial charge on any atom is 0.0527 e. The number of halogens is 2. The topological polar surface area (TPSA) is 29.1 Å². The number of hydrogen-bond acceptors (Lipinski definition) is 2. The molecule has 0 amide bonds. The van der Waals surface area contributed by atoms with Crippen LogP contribution in [0.1, 0.15) is 0 Å². The van der Waals surface area contributed by atoms with Gasteiger partial charge in [0.2, 0.25) is 0 Å². The largest absolute Gasteiger partial charge is 0.333 e. The SMILES string of the molecule is CNC.Cl.Cl.O=[PH3]. The Balaban J connectivity index is -0.0000000105. The molecule has 1 unspecified atom stereocenters. The summed E-state index contributed by atoms with van der Waals surface area (Å²) < 4.78 is 8.28. The Morgan fingerprint density at radius 3 is 1.14 bits per heavy atom. The Morgan fingerprint density at radius 2 is 1.14 bits per heavy atom. The predicted molar refractivity (Wildman–Crippen MR) is 41.3 cm³/mol. The van der Waals surface area contributed by atoms with Crippen molar-refractivity contribution in [3.8, 4) is 0 Å². The van der Waals surface area contributed by atoms with Gasteiger partial charge in [-0.05, 0) is 14.1 Å². The van der Waals surface area contributed by atoms with Crippen LogP contribution in [0.3, 0.4) is 0 Å². The van der Waals surface area contributed by atoms with E-state index in [-0.39, 0.29) is 24.8 Å². The summed E-state index contributed by atoms with van der Waals surface area (Å²) in [4.78, 5) is 0. The first-order chi connectivity index (χ1) is 2.41. The third-order valence-corrected chi connectivity index (χ3v) is 0. The summed E-state index contributed by atoms with van der Waals surface area (Å²) in [6.45, 7) is 0.